The zero-order valence-corrected chi connectivity index (χ0v) is 15.8. The fourth-order valence-electron chi connectivity index (χ4n) is 1.25. The Balaban J connectivity index is 0.000000486. The largest absolute Gasteiger partial charge is 0.480 e. The maximum Gasteiger partial charge on any atom is 0.321 e. The molecule has 0 saturated heterocycles. The minimum absolute atomic E-state index is 0.316. The fraction of sp³-hybridized carbons (Fsp3) is 0.462. The van der Waals surface area contributed by atoms with Crippen LogP contribution in [0.25, 0.3) is 0 Å². The number of carboxylic acid groups (broad SMARTS) is 1. The summed E-state index contributed by atoms with van der Waals surface area (Å²) < 4.78 is 9.31. The molecule has 0 aliphatic heterocycles. The van der Waals surface area contributed by atoms with Crippen LogP contribution >= 0.6 is 29.7 Å². The van der Waals surface area contributed by atoms with Crippen molar-refractivity contribution >= 4 is 47.5 Å². The number of hydrogen-bond acceptors (Lipinski definition) is 5. The second-order valence-corrected chi connectivity index (χ2v) is 11.3. The number of rotatable bonds is 6. The van der Waals surface area contributed by atoms with Crippen LogP contribution in [0.5, 0.6) is 0 Å². The Hall–Kier alpha value is -0.0400. The summed E-state index contributed by atoms with van der Waals surface area (Å²) in [5.41, 5.74) is -1.27. The Morgan fingerprint density at radius 3 is 2.05 bits per heavy atom. The summed E-state index contributed by atoms with van der Waals surface area (Å²) >= 11 is 10.0. The molecule has 0 amide bonds. The number of carbonyl (C=O) groups is 1. The molecule has 0 fully saturated rings. The number of thiol groups is 1. The molecule has 4 nitrogen and oxygen atoms in total. The first kappa shape index (κ1) is 21.0. The van der Waals surface area contributed by atoms with E-state index in [1.165, 1.54) is 26.0 Å². The number of carboxylic acids is 1. The van der Waals surface area contributed by atoms with Crippen LogP contribution in [0.2, 0.25) is 0 Å². The van der Waals surface area contributed by atoms with E-state index in [1.807, 2.05) is 44.2 Å². The van der Waals surface area contributed by atoms with Gasteiger partial charge >= 0.3 is 5.97 Å². The lowest BCUT2D eigenvalue weighted by atomic mass is 10.1. The summed E-state index contributed by atoms with van der Waals surface area (Å²) in [6, 6.07) is 9.34. The van der Waals surface area contributed by atoms with Crippen LogP contribution in [0.15, 0.2) is 30.3 Å². The second-order valence-electron chi connectivity index (χ2n) is 4.15. The summed E-state index contributed by atoms with van der Waals surface area (Å²) in [6.07, 6.45) is 0. The van der Waals surface area contributed by atoms with Gasteiger partial charge in [-0.05, 0) is 17.4 Å². The molecule has 1 unspecified atom stereocenters. The monoisotopic (exact) mass is 368 g/mol. The standard InChI is InChI=1S/C11H14O2S.C2H7O2PS2/c1-8(2)14-10(11(12)13)9-6-4-3-5-7-9;1-3-5(6,7)4-2/h3-8,10H,1-2H3,(H,12,13);1-2H3,(H,6,7). The van der Waals surface area contributed by atoms with Gasteiger partial charge in [-0.1, -0.05) is 56.4 Å². The van der Waals surface area contributed by atoms with E-state index in [2.05, 4.69) is 33.1 Å². The highest BCUT2D eigenvalue weighted by molar-refractivity contribution is 8.60. The van der Waals surface area contributed by atoms with E-state index < -0.39 is 16.9 Å². The molecule has 0 aromatic heterocycles. The normalized spacial score (nSPS) is 12.5. The van der Waals surface area contributed by atoms with Gasteiger partial charge in [-0.3, -0.25) is 4.79 Å². The minimum Gasteiger partial charge on any atom is -0.480 e. The molecule has 0 spiro atoms. The quantitative estimate of drug-likeness (QED) is 0.574. The first-order valence-electron chi connectivity index (χ1n) is 6.11. The van der Waals surface area contributed by atoms with Gasteiger partial charge in [0.05, 0.1) is 0 Å². The van der Waals surface area contributed by atoms with Crippen molar-refractivity contribution in [2.24, 2.45) is 0 Å². The van der Waals surface area contributed by atoms with Gasteiger partial charge in [-0.2, -0.15) is 0 Å². The molecular weight excluding hydrogens is 347 g/mol. The first-order chi connectivity index (χ1) is 9.73. The molecule has 0 radical (unpaired) electrons. The van der Waals surface area contributed by atoms with Gasteiger partial charge in [-0.25, -0.2) is 0 Å². The van der Waals surface area contributed by atoms with Crippen LogP contribution in [-0.4, -0.2) is 30.5 Å². The van der Waals surface area contributed by atoms with Crippen LogP contribution in [0.4, 0.5) is 0 Å². The summed E-state index contributed by atoms with van der Waals surface area (Å²) in [5, 5.41) is 8.92. The smallest absolute Gasteiger partial charge is 0.321 e. The molecule has 8 heteroatoms. The molecule has 1 rings (SSSR count). The topological polar surface area (TPSA) is 55.8 Å². The molecular formula is C13H21O4PS3. The number of benzene rings is 1. The van der Waals surface area contributed by atoms with Crippen molar-refractivity contribution in [3.05, 3.63) is 35.9 Å². The number of thioether (sulfide) groups is 1. The molecule has 1 aromatic carbocycles. The van der Waals surface area contributed by atoms with Crippen LogP contribution in [0.3, 0.4) is 0 Å². The third-order valence-corrected chi connectivity index (χ3v) is 6.28. The van der Waals surface area contributed by atoms with E-state index >= 15 is 0 Å². The average Bonchev–Trinajstić information content (AvgIpc) is 2.46. The van der Waals surface area contributed by atoms with E-state index in [0.717, 1.165) is 5.56 Å². The summed E-state index contributed by atoms with van der Waals surface area (Å²) in [4.78, 5) is 11.0. The Morgan fingerprint density at radius 2 is 1.76 bits per heavy atom. The van der Waals surface area contributed by atoms with Gasteiger partial charge in [0.1, 0.15) is 5.25 Å². The van der Waals surface area contributed by atoms with Gasteiger partial charge in [0.25, 0.3) is 0 Å². The van der Waals surface area contributed by atoms with Crippen molar-refractivity contribution in [2.45, 2.75) is 24.3 Å². The molecule has 0 bridgehead atoms. The maximum atomic E-state index is 11.0. The second kappa shape index (κ2) is 10.6. The van der Waals surface area contributed by atoms with E-state index in [-0.39, 0.29) is 0 Å². The Morgan fingerprint density at radius 1 is 1.29 bits per heavy atom. The zero-order valence-electron chi connectivity index (χ0n) is 12.4. The average molecular weight is 368 g/mol. The highest BCUT2D eigenvalue weighted by Crippen LogP contribution is 2.51. The maximum absolute atomic E-state index is 11.0. The minimum atomic E-state index is -2.13. The molecule has 0 aliphatic carbocycles. The Kier molecular flexibility index (Phi) is 10.6. The van der Waals surface area contributed by atoms with Crippen LogP contribution in [-0.2, 0) is 25.6 Å². The van der Waals surface area contributed by atoms with Crippen LogP contribution in [0, 0.1) is 0 Å². The van der Waals surface area contributed by atoms with Crippen molar-refractivity contribution in [1.82, 2.24) is 0 Å². The van der Waals surface area contributed by atoms with E-state index in [1.54, 1.807) is 0 Å². The van der Waals surface area contributed by atoms with E-state index in [0.29, 0.717) is 5.25 Å². The lowest BCUT2D eigenvalue weighted by molar-refractivity contribution is -0.136. The third-order valence-electron chi connectivity index (χ3n) is 2.20. The van der Waals surface area contributed by atoms with Crippen molar-refractivity contribution in [1.29, 1.82) is 0 Å². The molecule has 0 aliphatic rings. The van der Waals surface area contributed by atoms with Crippen LogP contribution in [0.1, 0.15) is 24.7 Å². The molecule has 0 heterocycles. The van der Waals surface area contributed by atoms with Crippen LogP contribution < -0.4 is 0 Å². The predicted molar refractivity (Wildman–Crippen MR) is 96.8 cm³/mol. The summed E-state index contributed by atoms with van der Waals surface area (Å²) in [7, 11) is 2.97. The molecule has 0 saturated carbocycles. The molecule has 120 valence electrons. The van der Waals surface area contributed by atoms with Gasteiger partial charge in [0, 0.05) is 19.5 Å². The highest BCUT2D eigenvalue weighted by Gasteiger charge is 2.20. The van der Waals surface area contributed by atoms with Crippen molar-refractivity contribution in [3.8, 4) is 0 Å². The molecule has 1 atom stereocenters. The molecule has 1 aromatic rings. The van der Waals surface area contributed by atoms with Crippen molar-refractivity contribution < 1.29 is 18.9 Å². The van der Waals surface area contributed by atoms with E-state index in [9.17, 15) is 4.79 Å². The van der Waals surface area contributed by atoms with E-state index in [4.69, 9.17) is 5.11 Å². The lowest BCUT2D eigenvalue weighted by Crippen LogP contribution is -2.10. The number of aliphatic carboxylic acids is 1. The molecule has 1 N–H and O–H groups in total. The predicted octanol–water partition coefficient (Wildman–Crippen LogP) is 4.39. The number of hydrogen-bond donors (Lipinski definition) is 2. The van der Waals surface area contributed by atoms with Crippen molar-refractivity contribution in [2.75, 3.05) is 14.2 Å². The Labute approximate surface area is 140 Å². The summed E-state index contributed by atoms with van der Waals surface area (Å²) in [5.74, 6) is -0.769. The Bertz CT molecular complexity index is 460. The van der Waals surface area contributed by atoms with Gasteiger partial charge < -0.3 is 14.2 Å². The SMILES string of the molecule is CC(C)SC(C(=O)O)c1ccccc1.COP(=S)(S)OC. The fourth-order valence-corrected chi connectivity index (χ4v) is 2.38. The zero-order chi connectivity index (χ0) is 16.5. The van der Waals surface area contributed by atoms with Gasteiger partial charge in [0.15, 0.2) is 0 Å². The van der Waals surface area contributed by atoms with Gasteiger partial charge in [0.2, 0.25) is 5.69 Å². The first-order valence-corrected chi connectivity index (χ1v) is 10.8. The van der Waals surface area contributed by atoms with Gasteiger partial charge in [-0.15, -0.1) is 11.8 Å². The molecule has 21 heavy (non-hydrogen) atoms. The van der Waals surface area contributed by atoms with Crippen molar-refractivity contribution in [3.63, 3.8) is 0 Å². The highest BCUT2D eigenvalue weighted by atomic mass is 32.9. The summed E-state index contributed by atoms with van der Waals surface area (Å²) in [6.45, 7) is 4.01. The lowest BCUT2D eigenvalue weighted by Gasteiger charge is -2.14. The third kappa shape index (κ3) is 9.55.